The van der Waals surface area contributed by atoms with Crippen LogP contribution < -0.4 is 5.32 Å². The molecule has 0 aromatic heterocycles. The van der Waals surface area contributed by atoms with Crippen LogP contribution in [-0.4, -0.2) is 19.4 Å². The highest BCUT2D eigenvalue weighted by atomic mass is 16.1. The summed E-state index contributed by atoms with van der Waals surface area (Å²) in [6.07, 6.45) is 7.09. The summed E-state index contributed by atoms with van der Waals surface area (Å²) in [6, 6.07) is 0. The van der Waals surface area contributed by atoms with Gasteiger partial charge in [-0.1, -0.05) is 12.8 Å². The fraction of sp³-hybridized carbons (Fsp3) is 0.909. The molecule has 2 rings (SSSR count). The highest BCUT2D eigenvalue weighted by Crippen LogP contribution is 2.46. The van der Waals surface area contributed by atoms with Crippen LogP contribution in [-0.2, 0) is 4.79 Å². The van der Waals surface area contributed by atoms with Crippen LogP contribution in [0.1, 0.15) is 38.5 Å². The zero-order chi connectivity index (χ0) is 9.31. The van der Waals surface area contributed by atoms with Gasteiger partial charge in [-0.05, 0) is 32.7 Å². The van der Waals surface area contributed by atoms with Crippen molar-refractivity contribution >= 4 is 5.78 Å². The van der Waals surface area contributed by atoms with Crippen molar-refractivity contribution in [3.05, 3.63) is 0 Å². The molecule has 2 saturated carbocycles. The third kappa shape index (κ3) is 1.41. The minimum atomic E-state index is 0.0554. The molecule has 0 radical (unpaired) electrons. The molecule has 2 fully saturated rings. The van der Waals surface area contributed by atoms with Crippen LogP contribution in [0, 0.1) is 11.3 Å². The topological polar surface area (TPSA) is 29.1 Å². The van der Waals surface area contributed by atoms with E-state index in [4.69, 9.17) is 0 Å². The van der Waals surface area contributed by atoms with E-state index in [0.717, 1.165) is 32.2 Å². The predicted molar refractivity (Wildman–Crippen MR) is 52.6 cm³/mol. The van der Waals surface area contributed by atoms with Crippen molar-refractivity contribution in [3.8, 4) is 0 Å². The lowest BCUT2D eigenvalue weighted by Gasteiger charge is -2.44. The Balaban J connectivity index is 1.98. The van der Waals surface area contributed by atoms with Gasteiger partial charge < -0.3 is 5.32 Å². The molecule has 0 aromatic carbocycles. The van der Waals surface area contributed by atoms with E-state index in [9.17, 15) is 4.79 Å². The molecule has 2 aliphatic carbocycles. The van der Waals surface area contributed by atoms with Crippen LogP contribution in [0.25, 0.3) is 0 Å². The van der Waals surface area contributed by atoms with Crippen molar-refractivity contribution in [1.29, 1.82) is 0 Å². The van der Waals surface area contributed by atoms with Crippen LogP contribution in [0.15, 0.2) is 0 Å². The minimum Gasteiger partial charge on any atom is -0.319 e. The van der Waals surface area contributed by atoms with Gasteiger partial charge in [0, 0.05) is 17.9 Å². The maximum absolute atomic E-state index is 12.1. The molecule has 0 bridgehead atoms. The smallest absolute Gasteiger partial charge is 0.143 e. The van der Waals surface area contributed by atoms with E-state index in [2.05, 4.69) is 5.32 Å². The number of carbonyl (C=O) groups is 1. The fourth-order valence-corrected chi connectivity index (χ4v) is 2.56. The van der Waals surface area contributed by atoms with Crippen molar-refractivity contribution in [2.75, 3.05) is 13.6 Å². The van der Waals surface area contributed by atoms with E-state index in [-0.39, 0.29) is 5.41 Å². The Morgan fingerprint density at radius 2 is 2.08 bits per heavy atom. The maximum Gasteiger partial charge on any atom is 0.143 e. The number of hydrogen-bond donors (Lipinski definition) is 1. The first-order valence-corrected chi connectivity index (χ1v) is 5.47. The zero-order valence-electron chi connectivity index (χ0n) is 8.44. The Bertz CT molecular complexity index is 204. The third-order valence-corrected chi connectivity index (χ3v) is 3.82. The van der Waals surface area contributed by atoms with Crippen LogP contribution >= 0.6 is 0 Å². The normalized spacial score (nSPS) is 26.2. The predicted octanol–water partition coefficient (Wildman–Crippen LogP) is 1.75. The Labute approximate surface area is 80.1 Å². The summed E-state index contributed by atoms with van der Waals surface area (Å²) in [6.45, 7) is 0.905. The van der Waals surface area contributed by atoms with Gasteiger partial charge in [-0.25, -0.2) is 0 Å². The van der Waals surface area contributed by atoms with Crippen LogP contribution in [0.5, 0.6) is 0 Å². The molecule has 0 amide bonds. The second-order valence-electron chi connectivity index (χ2n) is 4.66. The van der Waals surface area contributed by atoms with Gasteiger partial charge in [0.15, 0.2) is 0 Å². The summed E-state index contributed by atoms with van der Waals surface area (Å²) in [5.41, 5.74) is 0.0554. The number of ketones is 1. The van der Waals surface area contributed by atoms with Gasteiger partial charge in [0.25, 0.3) is 0 Å². The monoisotopic (exact) mass is 181 g/mol. The highest BCUT2D eigenvalue weighted by molar-refractivity contribution is 5.88. The molecule has 0 aliphatic heterocycles. The zero-order valence-corrected chi connectivity index (χ0v) is 8.44. The lowest BCUT2D eigenvalue weighted by atomic mass is 9.60. The molecule has 2 nitrogen and oxygen atoms in total. The first kappa shape index (κ1) is 9.20. The molecular formula is C11H19NO. The third-order valence-electron chi connectivity index (χ3n) is 3.82. The largest absolute Gasteiger partial charge is 0.319 e. The quantitative estimate of drug-likeness (QED) is 0.716. The number of rotatable bonds is 4. The SMILES string of the molecule is CNCC1(C(=O)C2CCC2)CCC1. The standard InChI is InChI=1S/C11H19NO/c1-12-8-11(6-3-7-11)10(13)9-4-2-5-9/h9,12H,2-8H2,1H3. The van der Waals surface area contributed by atoms with E-state index >= 15 is 0 Å². The maximum atomic E-state index is 12.1. The first-order valence-electron chi connectivity index (χ1n) is 5.47. The summed E-state index contributed by atoms with van der Waals surface area (Å²) >= 11 is 0. The fourth-order valence-electron chi connectivity index (χ4n) is 2.56. The molecule has 0 heterocycles. The van der Waals surface area contributed by atoms with Gasteiger partial charge in [-0.3, -0.25) is 4.79 Å². The summed E-state index contributed by atoms with van der Waals surface area (Å²) in [5.74, 6) is 0.994. The van der Waals surface area contributed by atoms with Gasteiger partial charge >= 0.3 is 0 Å². The van der Waals surface area contributed by atoms with Gasteiger partial charge in [-0.2, -0.15) is 0 Å². The molecule has 0 saturated heterocycles. The summed E-state index contributed by atoms with van der Waals surface area (Å²) < 4.78 is 0. The van der Waals surface area contributed by atoms with Gasteiger partial charge in [0.05, 0.1) is 0 Å². The lowest BCUT2D eigenvalue weighted by molar-refractivity contribution is -0.140. The molecule has 2 aliphatic rings. The number of nitrogens with one attached hydrogen (secondary N) is 1. The molecule has 74 valence electrons. The average molecular weight is 181 g/mol. The summed E-state index contributed by atoms with van der Waals surface area (Å²) in [7, 11) is 1.95. The van der Waals surface area contributed by atoms with E-state index in [1.165, 1.54) is 12.8 Å². The Hall–Kier alpha value is -0.370. The summed E-state index contributed by atoms with van der Waals surface area (Å²) in [5, 5.41) is 3.17. The van der Waals surface area contributed by atoms with Gasteiger partial charge in [0.2, 0.25) is 0 Å². The Kier molecular flexibility index (Phi) is 2.41. The van der Waals surface area contributed by atoms with E-state index in [0.29, 0.717) is 11.7 Å². The molecular weight excluding hydrogens is 162 g/mol. The number of carbonyl (C=O) groups excluding carboxylic acids is 1. The highest BCUT2D eigenvalue weighted by Gasteiger charge is 2.46. The average Bonchev–Trinajstić information content (AvgIpc) is 1.92. The first-order chi connectivity index (χ1) is 6.28. The second-order valence-corrected chi connectivity index (χ2v) is 4.66. The van der Waals surface area contributed by atoms with Crippen molar-refractivity contribution in [3.63, 3.8) is 0 Å². The molecule has 2 heteroatoms. The van der Waals surface area contributed by atoms with Crippen LogP contribution in [0.4, 0.5) is 0 Å². The van der Waals surface area contributed by atoms with Crippen LogP contribution in [0.3, 0.4) is 0 Å². The molecule has 0 aromatic rings. The van der Waals surface area contributed by atoms with E-state index in [1.807, 2.05) is 7.05 Å². The van der Waals surface area contributed by atoms with Gasteiger partial charge in [0.1, 0.15) is 5.78 Å². The molecule has 0 atom stereocenters. The van der Waals surface area contributed by atoms with E-state index < -0.39 is 0 Å². The lowest BCUT2D eigenvalue weighted by Crippen LogP contribution is -2.49. The molecule has 1 N–H and O–H groups in total. The van der Waals surface area contributed by atoms with Crippen molar-refractivity contribution in [2.24, 2.45) is 11.3 Å². The van der Waals surface area contributed by atoms with Crippen molar-refractivity contribution in [1.82, 2.24) is 5.32 Å². The van der Waals surface area contributed by atoms with E-state index in [1.54, 1.807) is 0 Å². The molecule has 0 spiro atoms. The second kappa shape index (κ2) is 3.41. The molecule has 0 unspecified atom stereocenters. The van der Waals surface area contributed by atoms with Crippen LogP contribution in [0.2, 0.25) is 0 Å². The van der Waals surface area contributed by atoms with Gasteiger partial charge in [-0.15, -0.1) is 0 Å². The Morgan fingerprint density at radius 1 is 1.38 bits per heavy atom. The number of Topliss-reactive ketones (excluding diaryl/α,β-unsaturated/α-hetero) is 1. The molecule has 13 heavy (non-hydrogen) atoms. The number of hydrogen-bond acceptors (Lipinski definition) is 2. The summed E-state index contributed by atoms with van der Waals surface area (Å²) in [4.78, 5) is 12.1. The van der Waals surface area contributed by atoms with Crippen molar-refractivity contribution < 1.29 is 4.79 Å². The van der Waals surface area contributed by atoms with Crippen molar-refractivity contribution in [2.45, 2.75) is 38.5 Å². The Morgan fingerprint density at radius 3 is 2.38 bits per heavy atom. The minimum absolute atomic E-state index is 0.0554.